The van der Waals surface area contributed by atoms with Crippen LogP contribution in [0.25, 0.3) is 0 Å². The molecule has 0 bridgehead atoms. The summed E-state index contributed by atoms with van der Waals surface area (Å²) >= 11 is 0. The van der Waals surface area contributed by atoms with E-state index in [-0.39, 0.29) is 12.6 Å². The van der Waals surface area contributed by atoms with Crippen molar-refractivity contribution < 1.29 is 15.3 Å². The van der Waals surface area contributed by atoms with Gasteiger partial charge in [-0.1, -0.05) is 0 Å². The highest BCUT2D eigenvalue weighted by Gasteiger charge is 2.30. The molecule has 0 aromatic heterocycles. The highest BCUT2D eigenvalue weighted by Crippen LogP contribution is 2.09. The molecule has 1 fully saturated rings. The van der Waals surface area contributed by atoms with Crippen molar-refractivity contribution in [2.45, 2.75) is 24.7 Å². The number of nitrogens with one attached hydrogen (secondary N) is 1. The SMILES string of the molecule is OC[C@@H](O)C1NCCC1O. The van der Waals surface area contributed by atoms with Crippen LogP contribution in [0, 0.1) is 0 Å². The third kappa shape index (κ3) is 1.46. The molecule has 1 aliphatic rings. The minimum absolute atomic E-state index is 0.297. The highest BCUT2D eigenvalue weighted by molar-refractivity contribution is 4.88. The first kappa shape index (κ1) is 7.94. The van der Waals surface area contributed by atoms with Crippen molar-refractivity contribution in [2.75, 3.05) is 13.2 Å². The van der Waals surface area contributed by atoms with Crippen LogP contribution in [-0.2, 0) is 0 Å². The first-order valence-corrected chi connectivity index (χ1v) is 3.46. The monoisotopic (exact) mass is 147 g/mol. The van der Waals surface area contributed by atoms with Gasteiger partial charge in [-0.05, 0) is 13.0 Å². The zero-order chi connectivity index (χ0) is 7.56. The summed E-state index contributed by atoms with van der Waals surface area (Å²) in [5.41, 5.74) is 0. The summed E-state index contributed by atoms with van der Waals surface area (Å²) < 4.78 is 0. The Morgan fingerprint density at radius 3 is 2.70 bits per heavy atom. The number of hydrogen-bond acceptors (Lipinski definition) is 4. The third-order valence-electron chi connectivity index (χ3n) is 1.84. The molecule has 1 heterocycles. The molecular weight excluding hydrogens is 134 g/mol. The van der Waals surface area contributed by atoms with E-state index in [9.17, 15) is 0 Å². The lowest BCUT2D eigenvalue weighted by Gasteiger charge is -2.18. The Morgan fingerprint density at radius 2 is 2.30 bits per heavy atom. The molecule has 2 unspecified atom stereocenters. The van der Waals surface area contributed by atoms with E-state index >= 15 is 0 Å². The van der Waals surface area contributed by atoms with Crippen molar-refractivity contribution in [3.8, 4) is 0 Å². The maximum absolute atomic E-state index is 9.16. The molecule has 0 spiro atoms. The fourth-order valence-corrected chi connectivity index (χ4v) is 1.22. The maximum atomic E-state index is 9.16. The smallest absolute Gasteiger partial charge is 0.0948 e. The summed E-state index contributed by atoms with van der Waals surface area (Å²) in [6.07, 6.45) is -0.693. The fraction of sp³-hybridized carbons (Fsp3) is 1.00. The lowest BCUT2D eigenvalue weighted by atomic mass is 10.1. The summed E-state index contributed by atoms with van der Waals surface area (Å²) in [5, 5.41) is 29.6. The topological polar surface area (TPSA) is 72.7 Å². The fourth-order valence-electron chi connectivity index (χ4n) is 1.22. The molecule has 1 aliphatic heterocycles. The molecule has 3 atom stereocenters. The van der Waals surface area contributed by atoms with E-state index in [4.69, 9.17) is 15.3 Å². The number of aliphatic hydroxyl groups excluding tert-OH is 3. The van der Waals surface area contributed by atoms with Gasteiger partial charge in [-0.3, -0.25) is 0 Å². The van der Waals surface area contributed by atoms with Crippen molar-refractivity contribution in [2.24, 2.45) is 0 Å². The van der Waals surface area contributed by atoms with Crippen LogP contribution in [0.15, 0.2) is 0 Å². The van der Waals surface area contributed by atoms with Crippen molar-refractivity contribution in [3.63, 3.8) is 0 Å². The van der Waals surface area contributed by atoms with E-state index < -0.39 is 12.2 Å². The average molecular weight is 147 g/mol. The lowest BCUT2D eigenvalue weighted by molar-refractivity contribution is 0.0256. The zero-order valence-electron chi connectivity index (χ0n) is 5.70. The minimum atomic E-state index is -0.836. The van der Waals surface area contributed by atoms with Gasteiger partial charge in [-0.2, -0.15) is 0 Å². The lowest BCUT2D eigenvalue weighted by Crippen LogP contribution is -2.43. The van der Waals surface area contributed by atoms with Gasteiger partial charge >= 0.3 is 0 Å². The second kappa shape index (κ2) is 3.30. The predicted octanol–water partition coefficient (Wildman–Crippen LogP) is -1.94. The van der Waals surface area contributed by atoms with Gasteiger partial charge in [0.25, 0.3) is 0 Å². The Balaban J connectivity index is 2.38. The van der Waals surface area contributed by atoms with Crippen molar-refractivity contribution in [1.82, 2.24) is 5.32 Å². The molecule has 0 aromatic carbocycles. The van der Waals surface area contributed by atoms with Gasteiger partial charge in [0.05, 0.1) is 24.9 Å². The first-order valence-electron chi connectivity index (χ1n) is 3.46. The number of aliphatic hydroxyl groups is 3. The Bertz CT molecular complexity index is 109. The maximum Gasteiger partial charge on any atom is 0.0948 e. The molecule has 60 valence electrons. The van der Waals surface area contributed by atoms with E-state index in [1.54, 1.807) is 0 Å². The van der Waals surface area contributed by atoms with Gasteiger partial charge in [0.2, 0.25) is 0 Å². The minimum Gasteiger partial charge on any atom is -0.394 e. The van der Waals surface area contributed by atoms with Crippen LogP contribution in [0.3, 0.4) is 0 Å². The van der Waals surface area contributed by atoms with Gasteiger partial charge in [0, 0.05) is 0 Å². The molecule has 4 N–H and O–H groups in total. The van der Waals surface area contributed by atoms with E-state index in [0.717, 1.165) is 0 Å². The van der Waals surface area contributed by atoms with E-state index in [0.29, 0.717) is 13.0 Å². The van der Waals surface area contributed by atoms with Crippen LogP contribution in [0.1, 0.15) is 6.42 Å². The summed E-state index contributed by atoms with van der Waals surface area (Å²) in [7, 11) is 0. The van der Waals surface area contributed by atoms with Crippen LogP contribution in [0.4, 0.5) is 0 Å². The summed E-state index contributed by atoms with van der Waals surface area (Å²) in [5.74, 6) is 0. The Kier molecular flexibility index (Phi) is 2.62. The van der Waals surface area contributed by atoms with Crippen molar-refractivity contribution in [1.29, 1.82) is 0 Å². The molecule has 0 aromatic rings. The van der Waals surface area contributed by atoms with Gasteiger partial charge in [-0.25, -0.2) is 0 Å². The second-order valence-corrected chi connectivity index (χ2v) is 2.59. The second-order valence-electron chi connectivity index (χ2n) is 2.59. The largest absolute Gasteiger partial charge is 0.394 e. The van der Waals surface area contributed by atoms with Gasteiger partial charge in [-0.15, -0.1) is 0 Å². The Hall–Kier alpha value is -0.160. The zero-order valence-corrected chi connectivity index (χ0v) is 5.70. The molecular formula is C6H13NO3. The van der Waals surface area contributed by atoms with E-state index in [2.05, 4.69) is 5.32 Å². The molecule has 10 heavy (non-hydrogen) atoms. The number of rotatable bonds is 2. The Morgan fingerprint density at radius 1 is 1.60 bits per heavy atom. The van der Waals surface area contributed by atoms with Gasteiger partial charge in [0.15, 0.2) is 0 Å². The summed E-state index contributed by atoms with van der Waals surface area (Å²) in [4.78, 5) is 0. The average Bonchev–Trinajstić information content (AvgIpc) is 2.34. The van der Waals surface area contributed by atoms with E-state index in [1.165, 1.54) is 0 Å². The molecule has 4 nitrogen and oxygen atoms in total. The summed E-state index contributed by atoms with van der Waals surface area (Å²) in [6.45, 7) is 0.414. The molecule has 0 aliphatic carbocycles. The van der Waals surface area contributed by atoms with E-state index in [1.807, 2.05) is 0 Å². The van der Waals surface area contributed by atoms with Gasteiger partial charge in [0.1, 0.15) is 0 Å². The van der Waals surface area contributed by atoms with Crippen LogP contribution < -0.4 is 5.32 Å². The summed E-state index contributed by atoms with van der Waals surface area (Å²) in [6, 6.07) is -0.343. The third-order valence-corrected chi connectivity index (χ3v) is 1.84. The molecule has 1 rings (SSSR count). The normalized spacial score (nSPS) is 36.3. The van der Waals surface area contributed by atoms with Crippen LogP contribution >= 0.6 is 0 Å². The standard InChI is InChI=1S/C6H13NO3/c8-3-5(10)6-4(9)1-2-7-6/h4-10H,1-3H2/t4?,5-,6?/m1/s1. The Labute approximate surface area is 59.5 Å². The first-order chi connectivity index (χ1) is 4.75. The van der Waals surface area contributed by atoms with Crippen LogP contribution in [-0.4, -0.2) is 46.7 Å². The molecule has 0 amide bonds. The predicted molar refractivity (Wildman–Crippen MR) is 35.5 cm³/mol. The molecule has 1 saturated heterocycles. The number of hydrogen-bond donors (Lipinski definition) is 4. The molecule has 0 radical (unpaired) electrons. The molecule has 4 heteroatoms. The van der Waals surface area contributed by atoms with Crippen LogP contribution in [0.5, 0.6) is 0 Å². The highest BCUT2D eigenvalue weighted by atomic mass is 16.3. The van der Waals surface area contributed by atoms with Crippen molar-refractivity contribution >= 4 is 0 Å². The van der Waals surface area contributed by atoms with Crippen LogP contribution in [0.2, 0.25) is 0 Å². The quantitative estimate of drug-likeness (QED) is 0.367. The molecule has 0 saturated carbocycles. The van der Waals surface area contributed by atoms with Crippen molar-refractivity contribution in [3.05, 3.63) is 0 Å². The van der Waals surface area contributed by atoms with Gasteiger partial charge < -0.3 is 20.6 Å².